The van der Waals surface area contributed by atoms with E-state index in [1.54, 1.807) is 0 Å². The zero-order valence-corrected chi connectivity index (χ0v) is 16.2. The number of carboxylic acid groups (broad SMARTS) is 1. The molecule has 5 N–H and O–H groups in total. The predicted molar refractivity (Wildman–Crippen MR) is 102 cm³/mol. The number of fused-ring (bicyclic) bond motifs is 2. The van der Waals surface area contributed by atoms with Crippen molar-refractivity contribution in [2.24, 2.45) is 17.6 Å². The highest BCUT2D eigenvalue weighted by molar-refractivity contribution is 6.40. The molecule has 0 spiro atoms. The van der Waals surface area contributed by atoms with Crippen LogP contribution in [0.25, 0.3) is 0 Å². The number of nitrogens with zero attached hydrogens (tertiary/aromatic N) is 1. The lowest BCUT2D eigenvalue weighted by Gasteiger charge is -2.43. The molecular formula is C16H31BCl2N2O4. The topological polar surface area (TPSA) is 107 Å². The minimum absolute atomic E-state index is 0. The molecule has 3 fully saturated rings. The second kappa shape index (κ2) is 9.24. The molecule has 9 heteroatoms. The lowest BCUT2D eigenvalue weighted by Crippen LogP contribution is -2.60. The highest BCUT2D eigenvalue weighted by Crippen LogP contribution is 2.43. The molecule has 0 amide bonds. The van der Waals surface area contributed by atoms with Crippen molar-refractivity contribution in [3.8, 4) is 0 Å². The van der Waals surface area contributed by atoms with Crippen LogP contribution in [-0.2, 0) is 4.79 Å². The predicted octanol–water partition coefficient (Wildman–Crippen LogP) is 1.52. The van der Waals surface area contributed by atoms with Gasteiger partial charge >= 0.3 is 13.1 Å². The van der Waals surface area contributed by atoms with Crippen LogP contribution in [0, 0.1) is 11.8 Å². The quantitative estimate of drug-likeness (QED) is 0.507. The van der Waals surface area contributed by atoms with Gasteiger partial charge in [-0.1, -0.05) is 6.42 Å². The summed E-state index contributed by atoms with van der Waals surface area (Å²) in [7, 11) is -1.31. The van der Waals surface area contributed by atoms with Crippen molar-refractivity contribution >= 4 is 37.9 Å². The van der Waals surface area contributed by atoms with E-state index in [2.05, 4.69) is 4.90 Å². The minimum atomic E-state index is -1.31. The molecule has 6 nitrogen and oxygen atoms in total. The number of aliphatic carboxylic acids is 1. The zero-order chi connectivity index (χ0) is 16.6. The average Bonchev–Trinajstić information content (AvgIpc) is 3.07. The molecule has 2 saturated heterocycles. The Labute approximate surface area is 162 Å². The zero-order valence-electron chi connectivity index (χ0n) is 14.5. The van der Waals surface area contributed by atoms with Gasteiger partial charge in [0.1, 0.15) is 5.54 Å². The van der Waals surface area contributed by atoms with Crippen molar-refractivity contribution in [2.45, 2.75) is 75.3 Å². The second-order valence-electron chi connectivity index (χ2n) is 7.91. The van der Waals surface area contributed by atoms with Gasteiger partial charge in [-0.05, 0) is 57.2 Å². The van der Waals surface area contributed by atoms with E-state index in [1.807, 2.05) is 0 Å². The van der Waals surface area contributed by atoms with Crippen molar-refractivity contribution < 1.29 is 19.9 Å². The van der Waals surface area contributed by atoms with Crippen molar-refractivity contribution in [3.05, 3.63) is 0 Å². The van der Waals surface area contributed by atoms with E-state index in [1.165, 1.54) is 25.7 Å². The van der Waals surface area contributed by atoms with E-state index in [4.69, 9.17) is 15.8 Å². The summed E-state index contributed by atoms with van der Waals surface area (Å²) in [4.78, 5) is 14.4. The van der Waals surface area contributed by atoms with Crippen LogP contribution in [0.5, 0.6) is 0 Å². The first-order valence-electron chi connectivity index (χ1n) is 9.04. The van der Waals surface area contributed by atoms with Crippen LogP contribution < -0.4 is 5.73 Å². The molecule has 25 heavy (non-hydrogen) atoms. The SMILES string of the molecule is Cl.Cl.NC1(C(=O)O)CC(CCB(O)O)CCC1CN1C2CCC1CC2. The number of nitrogens with two attached hydrogens (primary N) is 1. The highest BCUT2D eigenvalue weighted by atomic mass is 35.5. The van der Waals surface area contributed by atoms with E-state index in [0.717, 1.165) is 19.4 Å². The summed E-state index contributed by atoms with van der Waals surface area (Å²) in [6, 6.07) is 1.28. The Bertz CT molecular complexity index is 440. The van der Waals surface area contributed by atoms with Gasteiger partial charge in [0.2, 0.25) is 0 Å². The Morgan fingerprint density at radius 3 is 2.12 bits per heavy atom. The molecule has 3 aliphatic rings. The Hall–Kier alpha value is -0.0451. The van der Waals surface area contributed by atoms with E-state index < -0.39 is 18.6 Å². The van der Waals surface area contributed by atoms with Crippen molar-refractivity contribution in [1.29, 1.82) is 0 Å². The second-order valence-corrected chi connectivity index (χ2v) is 7.91. The molecule has 146 valence electrons. The van der Waals surface area contributed by atoms with Gasteiger partial charge in [0.25, 0.3) is 0 Å². The summed E-state index contributed by atoms with van der Waals surface area (Å²) in [5.74, 6) is -0.732. The average molecular weight is 397 g/mol. The van der Waals surface area contributed by atoms with E-state index >= 15 is 0 Å². The summed E-state index contributed by atoms with van der Waals surface area (Å²) >= 11 is 0. The van der Waals surface area contributed by atoms with Crippen LogP contribution in [0.2, 0.25) is 6.32 Å². The summed E-state index contributed by atoms with van der Waals surface area (Å²) in [5.41, 5.74) is 5.21. The van der Waals surface area contributed by atoms with Crippen molar-refractivity contribution in [1.82, 2.24) is 4.90 Å². The van der Waals surface area contributed by atoms with Crippen LogP contribution in [0.4, 0.5) is 0 Å². The van der Waals surface area contributed by atoms with E-state index in [-0.39, 0.29) is 36.6 Å². The molecule has 0 aromatic rings. The molecule has 3 unspecified atom stereocenters. The standard InChI is InChI=1S/C16H29BN2O4.2ClH/c18-16(15(20)21)9-11(7-8-17(22)23)1-2-12(16)10-19-13-3-4-14(19)6-5-13;;/h11-14,22-23H,1-10,18H2,(H,20,21);2*1H. The third kappa shape index (κ3) is 4.82. The van der Waals surface area contributed by atoms with Crippen molar-refractivity contribution in [2.75, 3.05) is 6.54 Å². The fourth-order valence-electron chi connectivity index (χ4n) is 5.16. The van der Waals surface area contributed by atoms with Crippen molar-refractivity contribution in [3.63, 3.8) is 0 Å². The summed E-state index contributed by atoms with van der Waals surface area (Å²) in [5, 5.41) is 27.8. The number of hydrogen-bond acceptors (Lipinski definition) is 5. The van der Waals surface area contributed by atoms with E-state index in [9.17, 15) is 9.90 Å². The maximum Gasteiger partial charge on any atom is 0.451 e. The molecule has 0 aromatic heterocycles. The van der Waals surface area contributed by atoms with Crippen LogP contribution in [0.1, 0.15) is 51.4 Å². The molecule has 1 aliphatic carbocycles. The molecule has 1 saturated carbocycles. The molecule has 2 bridgehead atoms. The minimum Gasteiger partial charge on any atom is -0.480 e. The summed E-state index contributed by atoms with van der Waals surface area (Å²) in [6.45, 7) is 0.813. The number of rotatable bonds is 6. The first-order valence-corrected chi connectivity index (χ1v) is 9.04. The molecule has 0 radical (unpaired) electrons. The first-order chi connectivity index (χ1) is 10.9. The molecule has 2 heterocycles. The summed E-state index contributed by atoms with van der Waals surface area (Å²) < 4.78 is 0. The Morgan fingerprint density at radius 1 is 1.08 bits per heavy atom. The monoisotopic (exact) mass is 396 g/mol. The highest BCUT2D eigenvalue weighted by Gasteiger charge is 2.49. The van der Waals surface area contributed by atoms with Gasteiger partial charge in [-0.25, -0.2) is 0 Å². The van der Waals surface area contributed by atoms with Gasteiger partial charge < -0.3 is 20.9 Å². The summed E-state index contributed by atoms with van der Waals surface area (Å²) in [6.07, 6.45) is 8.13. The van der Waals surface area contributed by atoms with Crippen LogP contribution in [-0.4, -0.2) is 57.3 Å². The third-order valence-corrected chi connectivity index (χ3v) is 6.55. The lowest BCUT2D eigenvalue weighted by molar-refractivity contribution is -0.148. The van der Waals surface area contributed by atoms with Gasteiger partial charge in [-0.3, -0.25) is 9.69 Å². The van der Waals surface area contributed by atoms with Gasteiger partial charge in [-0.2, -0.15) is 0 Å². The molecule has 0 aromatic carbocycles. The van der Waals surface area contributed by atoms with Gasteiger partial charge in [0.05, 0.1) is 0 Å². The largest absolute Gasteiger partial charge is 0.480 e. The van der Waals surface area contributed by atoms with Crippen LogP contribution in [0.15, 0.2) is 0 Å². The maximum absolute atomic E-state index is 11.9. The van der Waals surface area contributed by atoms with Crippen LogP contribution >= 0.6 is 24.8 Å². The molecule has 2 aliphatic heterocycles. The number of hydrogen-bond donors (Lipinski definition) is 4. The Kier molecular flexibility index (Phi) is 8.50. The molecule has 3 atom stereocenters. The number of carbonyl (C=O) groups is 1. The van der Waals surface area contributed by atoms with Gasteiger partial charge in [0, 0.05) is 24.5 Å². The van der Waals surface area contributed by atoms with Gasteiger partial charge in [0.15, 0.2) is 0 Å². The number of halogens is 2. The third-order valence-electron chi connectivity index (χ3n) is 6.55. The first kappa shape index (κ1) is 23.0. The van der Waals surface area contributed by atoms with Gasteiger partial charge in [-0.15, -0.1) is 24.8 Å². The normalized spacial score (nSPS) is 37.2. The van der Waals surface area contributed by atoms with E-state index in [0.29, 0.717) is 31.2 Å². The molecule has 3 rings (SSSR count). The Morgan fingerprint density at radius 2 is 1.64 bits per heavy atom. The maximum atomic E-state index is 11.9. The fraction of sp³-hybridized carbons (Fsp3) is 0.938. The smallest absolute Gasteiger partial charge is 0.451 e. The lowest BCUT2D eigenvalue weighted by atomic mass is 9.66. The fourth-order valence-corrected chi connectivity index (χ4v) is 5.16. The molecular weight excluding hydrogens is 366 g/mol. The van der Waals surface area contributed by atoms with Crippen LogP contribution in [0.3, 0.4) is 0 Å². The number of carboxylic acids is 1. The Balaban J connectivity index is 0.00000156.